The van der Waals surface area contributed by atoms with Gasteiger partial charge in [-0.1, -0.05) is 103 Å². The summed E-state index contributed by atoms with van der Waals surface area (Å²) in [5.41, 5.74) is 5.20. The molecule has 6 aromatic carbocycles. The van der Waals surface area contributed by atoms with Gasteiger partial charge in [0.05, 0.1) is 0 Å². The molecular weight excluding hydrogens is 823 g/mol. The van der Waals surface area contributed by atoms with E-state index in [0.29, 0.717) is 29.2 Å². The SMILES string of the molecule is O=S(=O)(O)c1cc(Nc2nc(Nc3ccccc3)nc(Nc3ccccc3)n2)ccc1C=Cc1ccc(Nc2nc(Nc3ccccc3)nc(Nc3ccccc3)n2)cc1.[H-].[H-].[Na+].[Na+]. The second-order valence-electron chi connectivity index (χ2n) is 13.0. The number of para-hydroxylation sites is 4. The van der Waals surface area contributed by atoms with E-state index in [4.69, 9.17) is 0 Å². The fraction of sp³-hybridized carbons (Fsp3) is 0. The first-order chi connectivity index (χ1) is 29.3. The van der Waals surface area contributed by atoms with Gasteiger partial charge in [0.15, 0.2) is 0 Å². The van der Waals surface area contributed by atoms with Crippen molar-refractivity contribution < 1.29 is 74.9 Å². The Balaban J connectivity index is 0.00000224. The largest absolute Gasteiger partial charge is 1.00 e. The molecule has 0 bridgehead atoms. The number of nitrogens with zero attached hydrogens (tertiary/aromatic N) is 6. The van der Waals surface area contributed by atoms with E-state index in [9.17, 15) is 13.0 Å². The van der Waals surface area contributed by atoms with E-state index in [-0.39, 0.29) is 90.3 Å². The van der Waals surface area contributed by atoms with E-state index in [1.165, 1.54) is 6.07 Å². The molecular formula is C44H38N12Na2O3S. The Morgan fingerprint density at radius 2 is 0.677 bits per heavy atom. The maximum absolute atomic E-state index is 12.7. The monoisotopic (exact) mass is 860 g/mol. The third-order valence-electron chi connectivity index (χ3n) is 8.56. The molecule has 0 saturated carbocycles. The molecule has 0 aliphatic carbocycles. The van der Waals surface area contributed by atoms with Crippen molar-refractivity contribution >= 4 is 92.1 Å². The van der Waals surface area contributed by atoms with Gasteiger partial charge >= 0.3 is 59.1 Å². The van der Waals surface area contributed by atoms with Crippen LogP contribution in [0, 0.1) is 0 Å². The van der Waals surface area contributed by atoms with Crippen molar-refractivity contribution in [2.45, 2.75) is 4.90 Å². The molecule has 2 aromatic heterocycles. The molecule has 8 rings (SSSR count). The first-order valence-electron chi connectivity index (χ1n) is 18.5. The summed E-state index contributed by atoms with van der Waals surface area (Å²) in [4.78, 5) is 26.9. The molecule has 0 amide bonds. The molecule has 62 heavy (non-hydrogen) atoms. The van der Waals surface area contributed by atoms with Crippen molar-refractivity contribution in [2.24, 2.45) is 0 Å². The van der Waals surface area contributed by atoms with Gasteiger partial charge in [-0.3, -0.25) is 4.55 Å². The fourth-order valence-corrected chi connectivity index (χ4v) is 6.49. The molecule has 300 valence electrons. The Morgan fingerprint density at radius 1 is 0.387 bits per heavy atom. The van der Waals surface area contributed by atoms with Crippen LogP contribution in [0.5, 0.6) is 0 Å². The fourth-order valence-electron chi connectivity index (χ4n) is 5.78. The van der Waals surface area contributed by atoms with Crippen molar-refractivity contribution in [3.8, 4) is 0 Å². The summed E-state index contributed by atoms with van der Waals surface area (Å²) < 4.78 is 35.6. The predicted molar refractivity (Wildman–Crippen MR) is 239 cm³/mol. The van der Waals surface area contributed by atoms with Gasteiger partial charge in [0, 0.05) is 34.1 Å². The first kappa shape index (κ1) is 45.3. The average molecular weight is 861 g/mol. The third-order valence-corrected chi connectivity index (χ3v) is 9.47. The summed E-state index contributed by atoms with van der Waals surface area (Å²) in [6, 6.07) is 49.9. The van der Waals surface area contributed by atoms with Crippen LogP contribution in [0.4, 0.5) is 69.8 Å². The number of nitrogens with one attached hydrogen (secondary N) is 6. The second-order valence-corrected chi connectivity index (χ2v) is 14.4. The molecule has 0 unspecified atom stereocenters. The summed E-state index contributed by atoms with van der Waals surface area (Å²) in [7, 11) is -4.65. The molecule has 8 aromatic rings. The van der Waals surface area contributed by atoms with Crippen LogP contribution in [0.15, 0.2) is 169 Å². The van der Waals surface area contributed by atoms with Gasteiger partial charge in [0.25, 0.3) is 10.1 Å². The summed E-state index contributed by atoms with van der Waals surface area (Å²) in [5, 5.41) is 19.1. The van der Waals surface area contributed by atoms with Crippen molar-refractivity contribution in [2.75, 3.05) is 31.9 Å². The van der Waals surface area contributed by atoms with Gasteiger partial charge in [-0.2, -0.15) is 38.3 Å². The zero-order chi connectivity index (χ0) is 41.2. The van der Waals surface area contributed by atoms with Crippen molar-refractivity contribution in [1.29, 1.82) is 0 Å². The van der Waals surface area contributed by atoms with Gasteiger partial charge in [-0.15, -0.1) is 0 Å². The smallest absolute Gasteiger partial charge is 1.00 e. The normalized spacial score (nSPS) is 10.8. The molecule has 0 aliphatic rings. The Morgan fingerprint density at radius 3 is 1.00 bits per heavy atom. The van der Waals surface area contributed by atoms with Crippen LogP contribution in [0.25, 0.3) is 12.2 Å². The molecule has 0 saturated heterocycles. The standard InChI is InChI=1S/C44H36N12O3S.2Na.2H/c57-60(58,59)38-29-37(50-44-55-41(47-34-17-9-3-10-18-34)52-42(56-44)48-35-19-11-4-12-20-35)28-25-31(38)24-21-30-22-26-36(27-23-30)49-43-53-39(45-32-13-5-1-6-14-32)51-40(54-43)46-33-15-7-2-8-16-33;;;;/h1-29H,(H,57,58,59)(H3,45,46,49,51,53,54)(H3,47,48,50,52,55,56);;;;/q;2*+1;2*-1. The van der Waals surface area contributed by atoms with E-state index in [2.05, 4.69) is 61.8 Å². The van der Waals surface area contributed by atoms with Crippen LogP contribution in [-0.4, -0.2) is 42.9 Å². The maximum atomic E-state index is 12.7. The van der Waals surface area contributed by atoms with Gasteiger partial charge in [0.1, 0.15) is 4.90 Å². The maximum Gasteiger partial charge on any atom is 1.00 e. The molecule has 2 heterocycles. The molecule has 0 atom stereocenters. The third kappa shape index (κ3) is 12.9. The summed E-state index contributed by atoms with van der Waals surface area (Å²) in [5.74, 6) is 1.61. The number of benzene rings is 6. The van der Waals surface area contributed by atoms with E-state index < -0.39 is 10.1 Å². The Kier molecular flexibility index (Phi) is 15.7. The molecule has 7 N–H and O–H groups in total. The zero-order valence-corrected chi connectivity index (χ0v) is 38.4. The molecule has 0 spiro atoms. The van der Waals surface area contributed by atoms with E-state index >= 15 is 0 Å². The molecule has 0 radical (unpaired) electrons. The topological polar surface area (TPSA) is 204 Å². The summed E-state index contributed by atoms with van der Waals surface area (Å²) in [6.45, 7) is 0. The number of anilines is 12. The van der Waals surface area contributed by atoms with Crippen LogP contribution in [0.2, 0.25) is 0 Å². The summed E-state index contributed by atoms with van der Waals surface area (Å²) in [6.07, 6.45) is 3.35. The number of hydrogen-bond acceptors (Lipinski definition) is 14. The molecule has 0 aliphatic heterocycles. The van der Waals surface area contributed by atoms with Gasteiger partial charge < -0.3 is 34.8 Å². The van der Waals surface area contributed by atoms with Crippen LogP contribution < -0.4 is 91.0 Å². The predicted octanol–water partition coefficient (Wildman–Crippen LogP) is 4.17. The van der Waals surface area contributed by atoms with Gasteiger partial charge in [0.2, 0.25) is 35.7 Å². The number of rotatable bonds is 15. The van der Waals surface area contributed by atoms with Gasteiger partial charge in [-0.05, 0) is 83.9 Å². The zero-order valence-electron chi connectivity index (χ0n) is 35.6. The number of aromatic nitrogens is 6. The Labute approximate surface area is 405 Å². The Hall–Kier alpha value is -6.21. The van der Waals surface area contributed by atoms with Crippen LogP contribution in [0.3, 0.4) is 0 Å². The molecule has 0 fully saturated rings. The molecule has 15 nitrogen and oxygen atoms in total. The van der Waals surface area contributed by atoms with E-state index in [0.717, 1.165) is 28.3 Å². The first-order valence-corrected chi connectivity index (χ1v) is 20.0. The van der Waals surface area contributed by atoms with E-state index in [1.54, 1.807) is 24.3 Å². The van der Waals surface area contributed by atoms with Crippen molar-refractivity contribution in [1.82, 2.24) is 29.9 Å². The Bertz CT molecular complexity index is 2740. The van der Waals surface area contributed by atoms with Gasteiger partial charge in [-0.25, -0.2) is 0 Å². The minimum Gasteiger partial charge on any atom is -1.00 e. The minimum atomic E-state index is -4.65. The van der Waals surface area contributed by atoms with E-state index in [1.807, 2.05) is 146 Å². The summed E-state index contributed by atoms with van der Waals surface area (Å²) >= 11 is 0. The number of hydrogen-bond donors (Lipinski definition) is 7. The van der Waals surface area contributed by atoms with Crippen LogP contribution >= 0.6 is 0 Å². The minimum absolute atomic E-state index is 0. The molecule has 18 heteroatoms. The van der Waals surface area contributed by atoms with Crippen LogP contribution in [0.1, 0.15) is 14.0 Å². The quantitative estimate of drug-likeness (QED) is 0.0440. The average Bonchev–Trinajstić information content (AvgIpc) is 3.25. The van der Waals surface area contributed by atoms with Crippen molar-refractivity contribution in [3.63, 3.8) is 0 Å². The second kappa shape index (κ2) is 21.5. The van der Waals surface area contributed by atoms with Crippen molar-refractivity contribution in [3.05, 3.63) is 175 Å². The van der Waals surface area contributed by atoms with Crippen LogP contribution in [-0.2, 0) is 10.1 Å².